The van der Waals surface area contributed by atoms with Gasteiger partial charge in [0.15, 0.2) is 5.78 Å². The molecule has 1 aromatic rings. The van der Waals surface area contributed by atoms with Crippen molar-refractivity contribution in [3.05, 3.63) is 35.9 Å². The van der Waals surface area contributed by atoms with Gasteiger partial charge in [-0.2, -0.15) is 0 Å². The summed E-state index contributed by atoms with van der Waals surface area (Å²) in [5, 5.41) is 20.0. The van der Waals surface area contributed by atoms with Crippen LogP contribution in [0, 0.1) is 0 Å². The lowest BCUT2D eigenvalue weighted by Crippen LogP contribution is -2.48. The van der Waals surface area contributed by atoms with Gasteiger partial charge < -0.3 is 21.3 Å². The lowest BCUT2D eigenvalue weighted by Gasteiger charge is -2.24. The summed E-state index contributed by atoms with van der Waals surface area (Å²) in [7, 11) is 0. The molecule has 1 aromatic carbocycles. The number of benzene rings is 1. The van der Waals surface area contributed by atoms with Crippen molar-refractivity contribution in [2.45, 2.75) is 24.4 Å². The van der Waals surface area contributed by atoms with E-state index in [9.17, 15) is 19.2 Å². The summed E-state index contributed by atoms with van der Waals surface area (Å²) in [5.41, 5.74) is 5.91. The first kappa shape index (κ1) is 17.3. The van der Waals surface area contributed by atoms with E-state index in [1.54, 1.807) is 18.2 Å². The van der Waals surface area contributed by atoms with Crippen LogP contribution in [0.3, 0.4) is 0 Å². The Hall–Kier alpha value is -2.74. The minimum absolute atomic E-state index is 0.194. The van der Waals surface area contributed by atoms with E-state index in [1.807, 2.05) is 0 Å². The maximum absolute atomic E-state index is 12.5. The zero-order valence-electron chi connectivity index (χ0n) is 11.5. The molecule has 3 unspecified atom stereocenters. The second-order valence-corrected chi connectivity index (χ2v) is 4.59. The second-order valence-electron chi connectivity index (χ2n) is 4.59. The molecular formula is C14H16N2O6. The molecule has 0 spiro atoms. The Kier molecular flexibility index (Phi) is 6.21. The number of amides is 1. The van der Waals surface area contributed by atoms with E-state index in [0.717, 1.165) is 0 Å². The SMILES string of the molecule is NC(C(=O)O)C(C(=O)C(CC(=O)O)NC=O)c1ccccc1. The number of carboxylic acid groups (broad SMARTS) is 2. The third-order valence-electron chi connectivity index (χ3n) is 3.10. The minimum Gasteiger partial charge on any atom is -0.481 e. The molecule has 1 amide bonds. The van der Waals surface area contributed by atoms with Gasteiger partial charge in [0.1, 0.15) is 6.04 Å². The highest BCUT2D eigenvalue weighted by Gasteiger charge is 2.36. The Labute approximate surface area is 125 Å². The van der Waals surface area contributed by atoms with Crippen LogP contribution in [0.1, 0.15) is 17.9 Å². The van der Waals surface area contributed by atoms with Crippen LogP contribution < -0.4 is 11.1 Å². The van der Waals surface area contributed by atoms with Gasteiger partial charge in [0, 0.05) is 0 Å². The zero-order valence-corrected chi connectivity index (χ0v) is 11.5. The Bertz CT molecular complexity index is 560. The van der Waals surface area contributed by atoms with Gasteiger partial charge in [-0.15, -0.1) is 0 Å². The zero-order chi connectivity index (χ0) is 16.7. The molecule has 0 aromatic heterocycles. The van der Waals surface area contributed by atoms with E-state index >= 15 is 0 Å². The lowest BCUT2D eigenvalue weighted by atomic mass is 9.84. The van der Waals surface area contributed by atoms with Crippen LogP contribution in [0.2, 0.25) is 0 Å². The monoisotopic (exact) mass is 308 g/mol. The van der Waals surface area contributed by atoms with Gasteiger partial charge in [0.2, 0.25) is 6.41 Å². The van der Waals surface area contributed by atoms with E-state index < -0.39 is 42.1 Å². The van der Waals surface area contributed by atoms with Crippen LogP contribution in [0.5, 0.6) is 0 Å². The Morgan fingerprint density at radius 2 is 1.77 bits per heavy atom. The summed E-state index contributed by atoms with van der Waals surface area (Å²) in [6, 6.07) is 5.00. The molecule has 0 saturated carbocycles. The van der Waals surface area contributed by atoms with Gasteiger partial charge in [-0.05, 0) is 5.56 Å². The average molecular weight is 308 g/mol. The van der Waals surface area contributed by atoms with Crippen molar-refractivity contribution < 1.29 is 29.4 Å². The summed E-state index contributed by atoms with van der Waals surface area (Å²) in [4.78, 5) is 45.0. The van der Waals surface area contributed by atoms with Gasteiger partial charge >= 0.3 is 11.9 Å². The number of carbonyl (C=O) groups excluding carboxylic acids is 2. The third-order valence-corrected chi connectivity index (χ3v) is 3.10. The molecule has 0 radical (unpaired) electrons. The first-order valence-corrected chi connectivity index (χ1v) is 6.37. The van der Waals surface area contributed by atoms with Crippen molar-refractivity contribution in [3.63, 3.8) is 0 Å². The second kappa shape index (κ2) is 7.89. The fourth-order valence-electron chi connectivity index (χ4n) is 2.07. The first-order valence-electron chi connectivity index (χ1n) is 6.37. The maximum atomic E-state index is 12.5. The molecule has 3 atom stereocenters. The molecule has 1 rings (SSSR count). The van der Waals surface area contributed by atoms with Crippen LogP contribution in [0.25, 0.3) is 0 Å². The van der Waals surface area contributed by atoms with Crippen molar-refractivity contribution in [3.8, 4) is 0 Å². The van der Waals surface area contributed by atoms with Gasteiger partial charge in [-0.3, -0.25) is 19.2 Å². The van der Waals surface area contributed by atoms with Crippen molar-refractivity contribution in [2.24, 2.45) is 5.73 Å². The van der Waals surface area contributed by atoms with Crippen LogP contribution in [-0.4, -0.2) is 46.4 Å². The summed E-state index contributed by atoms with van der Waals surface area (Å²) < 4.78 is 0. The predicted octanol–water partition coefficient (Wildman–Crippen LogP) is -0.659. The molecule has 0 saturated heterocycles. The van der Waals surface area contributed by atoms with E-state index in [0.29, 0.717) is 5.56 Å². The molecule has 0 fully saturated rings. The fourth-order valence-corrected chi connectivity index (χ4v) is 2.07. The smallest absolute Gasteiger partial charge is 0.321 e. The number of ketones is 1. The summed E-state index contributed by atoms with van der Waals surface area (Å²) in [6.45, 7) is 0. The van der Waals surface area contributed by atoms with Gasteiger partial charge in [-0.1, -0.05) is 30.3 Å². The molecule has 0 aliphatic rings. The van der Waals surface area contributed by atoms with Crippen molar-refractivity contribution >= 4 is 24.1 Å². The van der Waals surface area contributed by atoms with Gasteiger partial charge in [0.25, 0.3) is 0 Å². The number of carbonyl (C=O) groups is 4. The molecule has 0 heterocycles. The Balaban J connectivity index is 3.18. The molecule has 0 aliphatic carbocycles. The first-order chi connectivity index (χ1) is 10.4. The quantitative estimate of drug-likeness (QED) is 0.443. The average Bonchev–Trinajstić information content (AvgIpc) is 2.47. The van der Waals surface area contributed by atoms with Crippen molar-refractivity contribution in [2.75, 3.05) is 0 Å². The summed E-state index contributed by atoms with van der Waals surface area (Å²) in [6.07, 6.45) is -0.465. The molecule has 22 heavy (non-hydrogen) atoms. The lowest BCUT2D eigenvalue weighted by molar-refractivity contribution is -0.142. The van der Waals surface area contributed by atoms with Crippen molar-refractivity contribution in [1.82, 2.24) is 5.32 Å². The topological polar surface area (TPSA) is 147 Å². The van der Waals surface area contributed by atoms with Crippen LogP contribution in [0.15, 0.2) is 30.3 Å². The summed E-state index contributed by atoms with van der Waals surface area (Å²) >= 11 is 0. The molecule has 5 N–H and O–H groups in total. The summed E-state index contributed by atoms with van der Waals surface area (Å²) in [5.74, 6) is -4.74. The van der Waals surface area contributed by atoms with Crippen LogP contribution >= 0.6 is 0 Å². The van der Waals surface area contributed by atoms with Crippen LogP contribution in [0.4, 0.5) is 0 Å². The minimum atomic E-state index is -1.56. The largest absolute Gasteiger partial charge is 0.481 e. The van der Waals surface area contributed by atoms with Gasteiger partial charge in [0.05, 0.1) is 18.4 Å². The predicted molar refractivity (Wildman–Crippen MR) is 75.0 cm³/mol. The Morgan fingerprint density at radius 3 is 2.23 bits per heavy atom. The number of nitrogens with one attached hydrogen (secondary N) is 1. The number of carboxylic acids is 2. The third kappa shape index (κ3) is 4.38. The normalized spacial score (nSPS) is 14.4. The number of hydrogen-bond donors (Lipinski definition) is 4. The highest BCUT2D eigenvalue weighted by molar-refractivity contribution is 5.98. The molecule has 0 aliphatic heterocycles. The number of rotatable bonds is 9. The van der Waals surface area contributed by atoms with E-state index in [4.69, 9.17) is 15.9 Å². The van der Waals surface area contributed by atoms with Crippen molar-refractivity contribution in [1.29, 1.82) is 0 Å². The van der Waals surface area contributed by atoms with E-state index in [1.165, 1.54) is 12.1 Å². The number of aliphatic carboxylic acids is 2. The number of nitrogens with two attached hydrogens (primary N) is 1. The van der Waals surface area contributed by atoms with Crippen LogP contribution in [-0.2, 0) is 19.2 Å². The highest BCUT2D eigenvalue weighted by Crippen LogP contribution is 2.22. The number of Topliss-reactive ketones (excluding diaryl/α,β-unsaturated/α-hetero) is 1. The molecule has 8 nitrogen and oxygen atoms in total. The van der Waals surface area contributed by atoms with Gasteiger partial charge in [-0.25, -0.2) is 0 Å². The standard InChI is InChI=1S/C14H16N2O6/c15-12(14(21)22)11(8-4-2-1-3-5-8)13(20)9(16-7-17)6-10(18)19/h1-5,7,9,11-12H,6,15H2,(H,16,17)(H,18,19)(H,21,22). The molecular weight excluding hydrogens is 292 g/mol. The maximum Gasteiger partial charge on any atom is 0.321 e. The molecule has 0 bridgehead atoms. The fraction of sp³-hybridized carbons (Fsp3) is 0.286. The number of hydrogen-bond acceptors (Lipinski definition) is 5. The molecule has 118 valence electrons. The van der Waals surface area contributed by atoms with E-state index in [2.05, 4.69) is 5.32 Å². The Morgan fingerprint density at radius 1 is 1.18 bits per heavy atom. The highest BCUT2D eigenvalue weighted by atomic mass is 16.4. The molecule has 8 heteroatoms. The van der Waals surface area contributed by atoms with E-state index in [-0.39, 0.29) is 6.41 Å².